The molecule has 1 saturated heterocycles. The molecule has 91 valence electrons. The second-order valence-electron chi connectivity index (χ2n) is 4.80. The van der Waals surface area contributed by atoms with E-state index in [1.807, 2.05) is 6.07 Å². The minimum absolute atomic E-state index is 1.04. The van der Waals surface area contributed by atoms with Gasteiger partial charge in [0.2, 0.25) is 0 Å². The molecule has 0 atom stereocenters. The molecule has 1 aliphatic heterocycles. The molecule has 1 aromatic carbocycles. The van der Waals surface area contributed by atoms with Crippen LogP contribution >= 0.6 is 0 Å². The Kier molecular flexibility index (Phi) is 3.37. The van der Waals surface area contributed by atoms with Crippen molar-refractivity contribution in [3.8, 4) is 11.1 Å². The lowest BCUT2D eigenvalue weighted by Crippen LogP contribution is -2.18. The number of hydrogen-bond acceptors (Lipinski definition) is 2. The number of likely N-dealkylation sites (tertiary alicyclic amines) is 1. The van der Waals surface area contributed by atoms with Crippen LogP contribution in [0.3, 0.4) is 0 Å². The zero-order chi connectivity index (χ0) is 12.2. The van der Waals surface area contributed by atoms with Crippen LogP contribution in [0.25, 0.3) is 11.1 Å². The van der Waals surface area contributed by atoms with Gasteiger partial charge in [0, 0.05) is 18.3 Å². The van der Waals surface area contributed by atoms with E-state index in [0.29, 0.717) is 0 Å². The molecule has 2 aromatic rings. The molecule has 2 nitrogen and oxygen atoms in total. The van der Waals surface area contributed by atoms with Gasteiger partial charge in [-0.25, -0.2) is 0 Å². The maximum absolute atomic E-state index is 4.10. The maximum atomic E-state index is 4.10. The zero-order valence-corrected chi connectivity index (χ0v) is 10.5. The fraction of sp³-hybridized carbons (Fsp3) is 0.312. The van der Waals surface area contributed by atoms with E-state index >= 15 is 0 Å². The van der Waals surface area contributed by atoms with Crippen LogP contribution in [-0.2, 0) is 6.54 Å². The monoisotopic (exact) mass is 237 g/mol. The summed E-state index contributed by atoms with van der Waals surface area (Å²) >= 11 is 0. The lowest BCUT2D eigenvalue weighted by molar-refractivity contribution is 0.332. The highest BCUT2D eigenvalue weighted by atomic mass is 15.1. The maximum Gasteiger partial charge on any atom is 0.0970 e. The average molecular weight is 237 g/mol. The Hall–Kier alpha value is -1.67. The van der Waals surface area contributed by atoms with Crippen molar-refractivity contribution in [3.05, 3.63) is 54.4 Å². The van der Waals surface area contributed by atoms with E-state index in [1.54, 1.807) is 6.20 Å². The summed E-state index contributed by atoms with van der Waals surface area (Å²) in [5, 5.41) is 0. The molecule has 1 fully saturated rings. The Morgan fingerprint density at radius 2 is 1.89 bits per heavy atom. The molecular formula is C16H17N2. The van der Waals surface area contributed by atoms with Crippen molar-refractivity contribution in [1.29, 1.82) is 0 Å². The fourth-order valence-corrected chi connectivity index (χ4v) is 2.58. The van der Waals surface area contributed by atoms with Gasteiger partial charge in [-0.3, -0.25) is 9.88 Å². The minimum atomic E-state index is 1.04. The van der Waals surface area contributed by atoms with E-state index in [0.717, 1.165) is 12.1 Å². The topological polar surface area (TPSA) is 16.1 Å². The van der Waals surface area contributed by atoms with Crippen LogP contribution < -0.4 is 0 Å². The van der Waals surface area contributed by atoms with Gasteiger partial charge in [-0.1, -0.05) is 30.3 Å². The number of aromatic nitrogens is 1. The van der Waals surface area contributed by atoms with Crippen molar-refractivity contribution in [3.63, 3.8) is 0 Å². The molecule has 0 amide bonds. The molecule has 18 heavy (non-hydrogen) atoms. The van der Waals surface area contributed by atoms with E-state index in [4.69, 9.17) is 0 Å². The normalized spacial score (nSPS) is 16.0. The Morgan fingerprint density at radius 3 is 2.67 bits per heavy atom. The van der Waals surface area contributed by atoms with Gasteiger partial charge in [-0.15, -0.1) is 0 Å². The summed E-state index contributed by atoms with van der Waals surface area (Å²) in [6.45, 7) is 3.50. The third-order valence-electron chi connectivity index (χ3n) is 3.51. The second kappa shape index (κ2) is 5.32. The van der Waals surface area contributed by atoms with E-state index in [1.165, 1.54) is 37.1 Å². The first-order valence-corrected chi connectivity index (χ1v) is 6.57. The molecule has 1 aromatic heterocycles. The summed E-state index contributed by atoms with van der Waals surface area (Å²) in [6.07, 6.45) is 7.52. The first-order valence-electron chi connectivity index (χ1n) is 6.57. The summed E-state index contributed by atoms with van der Waals surface area (Å²) in [4.78, 5) is 6.62. The molecule has 0 aliphatic carbocycles. The van der Waals surface area contributed by atoms with Gasteiger partial charge in [0.1, 0.15) is 0 Å². The van der Waals surface area contributed by atoms with Crippen LogP contribution in [-0.4, -0.2) is 23.0 Å². The van der Waals surface area contributed by atoms with Crippen LogP contribution in [0.4, 0.5) is 0 Å². The average Bonchev–Trinajstić information content (AvgIpc) is 2.93. The van der Waals surface area contributed by atoms with Gasteiger partial charge >= 0.3 is 0 Å². The molecular weight excluding hydrogens is 220 g/mol. The van der Waals surface area contributed by atoms with Gasteiger partial charge in [-0.05, 0) is 43.1 Å². The predicted molar refractivity (Wildman–Crippen MR) is 73.0 cm³/mol. The highest BCUT2D eigenvalue weighted by Gasteiger charge is 2.14. The molecule has 0 saturated carbocycles. The molecule has 1 radical (unpaired) electrons. The van der Waals surface area contributed by atoms with Gasteiger partial charge in [0.25, 0.3) is 0 Å². The number of pyridine rings is 1. The molecule has 2 heterocycles. The molecule has 3 rings (SSSR count). The van der Waals surface area contributed by atoms with E-state index in [2.05, 4.69) is 46.4 Å². The number of rotatable bonds is 3. The number of nitrogens with zero attached hydrogens (tertiary/aromatic N) is 2. The molecule has 2 heteroatoms. The van der Waals surface area contributed by atoms with Crippen LogP contribution in [0.5, 0.6) is 0 Å². The van der Waals surface area contributed by atoms with E-state index in [-0.39, 0.29) is 0 Å². The summed E-state index contributed by atoms with van der Waals surface area (Å²) in [5.41, 5.74) is 3.73. The van der Waals surface area contributed by atoms with Crippen molar-refractivity contribution in [2.75, 3.05) is 13.1 Å². The third kappa shape index (κ3) is 2.44. The predicted octanol–water partition coefficient (Wildman–Crippen LogP) is 3.14. The summed E-state index contributed by atoms with van der Waals surface area (Å²) in [6, 6.07) is 12.6. The Morgan fingerprint density at radius 1 is 1.06 bits per heavy atom. The SMILES string of the molecule is [c]1ncccc1-c1ccccc1CN1CCCC1. The standard InChI is InChI=1S/C16H17N2/c1-2-8-16(14-7-5-9-17-12-14)15(6-1)13-18-10-3-4-11-18/h1-2,5-9H,3-4,10-11,13H2. The highest BCUT2D eigenvalue weighted by molar-refractivity contribution is 5.65. The van der Waals surface area contributed by atoms with Crippen LogP contribution in [0.2, 0.25) is 0 Å². The van der Waals surface area contributed by atoms with Crippen molar-refractivity contribution >= 4 is 0 Å². The highest BCUT2D eigenvalue weighted by Crippen LogP contribution is 2.24. The molecule has 0 N–H and O–H groups in total. The smallest absolute Gasteiger partial charge is 0.0970 e. The van der Waals surface area contributed by atoms with Gasteiger partial charge in [0.05, 0.1) is 6.20 Å². The molecule has 0 spiro atoms. The molecule has 0 bridgehead atoms. The fourth-order valence-electron chi connectivity index (χ4n) is 2.58. The van der Waals surface area contributed by atoms with Crippen LogP contribution in [0.1, 0.15) is 18.4 Å². The quantitative estimate of drug-likeness (QED) is 0.815. The number of benzene rings is 1. The summed E-state index contributed by atoms with van der Waals surface area (Å²) < 4.78 is 0. The Bertz CT molecular complexity index is 502. The second-order valence-corrected chi connectivity index (χ2v) is 4.80. The molecule has 0 unspecified atom stereocenters. The first kappa shape index (κ1) is 11.4. The van der Waals surface area contributed by atoms with Gasteiger partial charge < -0.3 is 0 Å². The van der Waals surface area contributed by atoms with E-state index in [9.17, 15) is 0 Å². The lowest BCUT2D eigenvalue weighted by Gasteiger charge is -2.17. The summed E-state index contributed by atoms with van der Waals surface area (Å²) in [5.74, 6) is 0. The van der Waals surface area contributed by atoms with Crippen LogP contribution in [0.15, 0.2) is 42.6 Å². The largest absolute Gasteiger partial charge is 0.299 e. The van der Waals surface area contributed by atoms with Gasteiger partial charge in [0.15, 0.2) is 0 Å². The van der Waals surface area contributed by atoms with Crippen molar-refractivity contribution in [1.82, 2.24) is 9.88 Å². The number of hydrogen-bond donors (Lipinski definition) is 0. The first-order chi connectivity index (χ1) is 8.93. The van der Waals surface area contributed by atoms with Crippen molar-refractivity contribution in [2.45, 2.75) is 19.4 Å². The Labute approximate surface area is 108 Å². The summed E-state index contributed by atoms with van der Waals surface area (Å²) in [7, 11) is 0. The zero-order valence-electron chi connectivity index (χ0n) is 10.5. The lowest BCUT2D eigenvalue weighted by atomic mass is 10.0. The minimum Gasteiger partial charge on any atom is -0.299 e. The van der Waals surface area contributed by atoms with Crippen LogP contribution in [0, 0.1) is 6.20 Å². The Balaban J connectivity index is 1.90. The van der Waals surface area contributed by atoms with Gasteiger partial charge in [-0.2, -0.15) is 0 Å². The van der Waals surface area contributed by atoms with Crippen molar-refractivity contribution < 1.29 is 0 Å². The van der Waals surface area contributed by atoms with Crippen molar-refractivity contribution in [2.24, 2.45) is 0 Å². The third-order valence-corrected chi connectivity index (χ3v) is 3.51. The molecule has 1 aliphatic rings. The van der Waals surface area contributed by atoms with E-state index < -0.39 is 0 Å².